The number of rotatable bonds is 6. The minimum atomic E-state index is -1.98. The van der Waals surface area contributed by atoms with Crippen molar-refractivity contribution in [2.45, 2.75) is 19.4 Å². The zero-order chi connectivity index (χ0) is 19.4. The summed E-state index contributed by atoms with van der Waals surface area (Å²) < 4.78 is 5.26. The summed E-state index contributed by atoms with van der Waals surface area (Å²) in [5.41, 5.74) is -0.664. The molecule has 3 rings (SSSR count). The summed E-state index contributed by atoms with van der Waals surface area (Å²) >= 11 is 1.52. The number of carbonyl (C=O) groups excluding carboxylic acids is 2. The highest BCUT2D eigenvalue weighted by Crippen LogP contribution is 2.31. The zero-order valence-corrected chi connectivity index (χ0v) is 16.0. The van der Waals surface area contributed by atoms with E-state index < -0.39 is 18.2 Å². The lowest BCUT2D eigenvalue weighted by Crippen LogP contribution is -2.39. The summed E-state index contributed by atoms with van der Waals surface area (Å²) in [5, 5.41) is 11.3. The Morgan fingerprint density at radius 2 is 1.48 bits per heavy atom. The van der Waals surface area contributed by atoms with Crippen molar-refractivity contribution in [2.24, 2.45) is 0 Å². The Hall–Kier alpha value is -2.76. The Morgan fingerprint density at radius 3 is 1.93 bits per heavy atom. The normalized spacial score (nSPS) is 11.2. The van der Waals surface area contributed by atoms with E-state index >= 15 is 0 Å². The van der Waals surface area contributed by atoms with Gasteiger partial charge in [-0.25, -0.2) is 4.79 Å². The summed E-state index contributed by atoms with van der Waals surface area (Å²) in [7, 11) is 0. The number of thiophene rings is 1. The molecule has 0 atom stereocenters. The van der Waals surface area contributed by atoms with E-state index in [1.165, 1.54) is 11.3 Å². The van der Waals surface area contributed by atoms with Gasteiger partial charge in [0.1, 0.15) is 0 Å². The number of aryl methyl sites for hydroxylation is 2. The van der Waals surface area contributed by atoms with E-state index in [2.05, 4.69) is 0 Å². The lowest BCUT2D eigenvalue weighted by Gasteiger charge is -2.26. The lowest BCUT2D eigenvalue weighted by molar-refractivity contribution is -0.160. The van der Waals surface area contributed by atoms with Crippen LogP contribution in [0, 0.1) is 13.8 Å². The van der Waals surface area contributed by atoms with Crippen molar-refractivity contribution < 1.29 is 19.4 Å². The van der Waals surface area contributed by atoms with Crippen molar-refractivity contribution in [1.29, 1.82) is 0 Å². The fraction of sp³-hybridized carbons (Fsp3) is 0.182. The Morgan fingerprint density at radius 1 is 0.963 bits per heavy atom. The van der Waals surface area contributed by atoms with Gasteiger partial charge in [0, 0.05) is 15.3 Å². The zero-order valence-electron chi connectivity index (χ0n) is 15.1. The maximum absolute atomic E-state index is 12.9. The highest BCUT2D eigenvalue weighted by Gasteiger charge is 2.41. The molecular weight excluding hydrogens is 360 g/mol. The van der Waals surface area contributed by atoms with Gasteiger partial charge in [-0.15, -0.1) is 11.3 Å². The Bertz CT molecular complexity index is 905. The molecule has 2 aromatic carbocycles. The van der Waals surface area contributed by atoms with Gasteiger partial charge in [0.05, 0.1) is 0 Å². The van der Waals surface area contributed by atoms with Gasteiger partial charge in [-0.1, -0.05) is 60.7 Å². The minimum Gasteiger partial charge on any atom is -0.455 e. The van der Waals surface area contributed by atoms with Gasteiger partial charge in [0.25, 0.3) is 0 Å². The quantitative estimate of drug-likeness (QED) is 0.518. The number of ketones is 1. The van der Waals surface area contributed by atoms with Crippen LogP contribution in [0.25, 0.3) is 0 Å². The first-order valence-corrected chi connectivity index (χ1v) is 9.35. The largest absolute Gasteiger partial charge is 0.455 e. The van der Waals surface area contributed by atoms with Crippen LogP contribution in [-0.2, 0) is 15.1 Å². The van der Waals surface area contributed by atoms with E-state index in [0.717, 1.165) is 9.75 Å². The van der Waals surface area contributed by atoms with Crippen molar-refractivity contribution in [2.75, 3.05) is 6.61 Å². The number of benzene rings is 2. The molecule has 27 heavy (non-hydrogen) atoms. The topological polar surface area (TPSA) is 63.6 Å². The minimum absolute atomic E-state index is 0.284. The smallest absolute Gasteiger partial charge is 0.348 e. The number of hydrogen-bond acceptors (Lipinski definition) is 5. The predicted octanol–water partition coefficient (Wildman–Crippen LogP) is 4.03. The average molecular weight is 380 g/mol. The first-order valence-electron chi connectivity index (χ1n) is 8.54. The number of aliphatic hydroxyl groups is 1. The van der Waals surface area contributed by atoms with Gasteiger partial charge in [-0.05, 0) is 31.0 Å². The molecule has 3 aromatic rings. The number of hydrogen-bond donors (Lipinski definition) is 1. The molecule has 0 amide bonds. The van der Waals surface area contributed by atoms with Crippen LogP contribution in [0.4, 0.5) is 0 Å². The Balaban J connectivity index is 1.86. The Labute approximate surface area is 162 Å². The van der Waals surface area contributed by atoms with Gasteiger partial charge in [-0.2, -0.15) is 0 Å². The number of carbonyl (C=O) groups is 2. The standard InChI is InChI=1S/C22H20O4S/c1-15-13-19(16(2)27-15)20(23)14-26-21(24)22(25,17-9-5-3-6-10-17)18-11-7-4-8-12-18/h3-13,25H,14H2,1-2H3. The van der Waals surface area contributed by atoms with Gasteiger partial charge in [0.15, 0.2) is 6.61 Å². The number of Topliss-reactive ketones (excluding diaryl/α,β-unsaturated/α-hetero) is 1. The third kappa shape index (κ3) is 3.84. The summed E-state index contributed by atoms with van der Waals surface area (Å²) in [6, 6.07) is 18.9. The van der Waals surface area contributed by atoms with Crippen LogP contribution in [0.3, 0.4) is 0 Å². The summed E-state index contributed by atoms with van der Waals surface area (Å²) in [6.45, 7) is 3.36. The molecular formula is C22H20O4S. The summed E-state index contributed by atoms with van der Waals surface area (Å²) in [4.78, 5) is 27.2. The average Bonchev–Trinajstić information content (AvgIpc) is 3.04. The monoisotopic (exact) mass is 380 g/mol. The fourth-order valence-electron chi connectivity index (χ4n) is 2.98. The second kappa shape index (κ2) is 7.86. The van der Waals surface area contributed by atoms with Gasteiger partial charge in [0.2, 0.25) is 11.4 Å². The van der Waals surface area contributed by atoms with Gasteiger partial charge < -0.3 is 9.84 Å². The molecule has 1 heterocycles. The van der Waals surface area contributed by atoms with Crippen molar-refractivity contribution in [3.8, 4) is 0 Å². The number of esters is 1. The first-order chi connectivity index (χ1) is 12.9. The van der Waals surface area contributed by atoms with E-state index in [1.54, 1.807) is 66.7 Å². The molecule has 1 aromatic heterocycles. The maximum Gasteiger partial charge on any atom is 0.348 e. The van der Waals surface area contributed by atoms with E-state index in [0.29, 0.717) is 16.7 Å². The van der Waals surface area contributed by atoms with Crippen molar-refractivity contribution in [1.82, 2.24) is 0 Å². The third-order valence-corrected chi connectivity index (χ3v) is 5.32. The fourth-order valence-corrected chi connectivity index (χ4v) is 3.92. The molecule has 0 unspecified atom stereocenters. The molecule has 4 nitrogen and oxygen atoms in total. The van der Waals surface area contributed by atoms with Gasteiger partial charge >= 0.3 is 5.97 Å². The van der Waals surface area contributed by atoms with Crippen LogP contribution in [0.5, 0.6) is 0 Å². The van der Waals surface area contributed by atoms with Crippen molar-refractivity contribution >= 4 is 23.1 Å². The van der Waals surface area contributed by atoms with Crippen LogP contribution in [0.15, 0.2) is 66.7 Å². The van der Waals surface area contributed by atoms with E-state index in [1.807, 2.05) is 13.8 Å². The summed E-state index contributed by atoms with van der Waals surface area (Å²) in [6.07, 6.45) is 0. The summed E-state index contributed by atoms with van der Waals surface area (Å²) in [5.74, 6) is -1.16. The molecule has 138 valence electrons. The van der Waals surface area contributed by atoms with Crippen LogP contribution in [-0.4, -0.2) is 23.5 Å². The van der Waals surface area contributed by atoms with E-state index in [-0.39, 0.29) is 5.78 Å². The molecule has 0 radical (unpaired) electrons. The highest BCUT2D eigenvalue weighted by atomic mass is 32.1. The molecule has 0 aliphatic carbocycles. The lowest BCUT2D eigenvalue weighted by atomic mass is 9.86. The number of ether oxygens (including phenoxy) is 1. The predicted molar refractivity (Wildman–Crippen MR) is 105 cm³/mol. The first kappa shape index (κ1) is 19.0. The molecule has 0 saturated heterocycles. The van der Waals surface area contributed by atoms with Crippen molar-refractivity contribution in [3.63, 3.8) is 0 Å². The highest BCUT2D eigenvalue weighted by molar-refractivity contribution is 7.12. The SMILES string of the molecule is Cc1cc(C(=O)COC(=O)C(O)(c2ccccc2)c2ccccc2)c(C)s1. The van der Waals surface area contributed by atoms with Gasteiger partial charge in [-0.3, -0.25) is 4.79 Å². The molecule has 5 heteroatoms. The molecule has 0 fully saturated rings. The molecule has 0 spiro atoms. The van der Waals surface area contributed by atoms with E-state index in [4.69, 9.17) is 4.74 Å². The van der Waals surface area contributed by atoms with Crippen LogP contribution in [0.2, 0.25) is 0 Å². The molecule has 0 bridgehead atoms. The van der Waals surface area contributed by atoms with E-state index in [9.17, 15) is 14.7 Å². The Kier molecular flexibility index (Phi) is 5.54. The molecule has 0 aliphatic heterocycles. The maximum atomic E-state index is 12.9. The second-order valence-electron chi connectivity index (χ2n) is 6.27. The molecule has 0 saturated carbocycles. The molecule has 0 aliphatic rings. The van der Waals surface area contributed by atoms with Crippen molar-refractivity contribution in [3.05, 3.63) is 93.2 Å². The second-order valence-corrected chi connectivity index (χ2v) is 7.73. The third-order valence-electron chi connectivity index (χ3n) is 4.35. The van der Waals surface area contributed by atoms with Crippen LogP contribution < -0.4 is 0 Å². The van der Waals surface area contributed by atoms with Crippen LogP contribution in [0.1, 0.15) is 31.2 Å². The molecule has 1 N–H and O–H groups in total. The van der Waals surface area contributed by atoms with Crippen LogP contribution >= 0.6 is 11.3 Å².